The maximum atomic E-state index is 2.35. The van der Waals surface area contributed by atoms with Crippen molar-refractivity contribution < 1.29 is 0 Å². The van der Waals surface area contributed by atoms with E-state index in [9.17, 15) is 0 Å². The summed E-state index contributed by atoms with van der Waals surface area (Å²) < 4.78 is 0. The van der Waals surface area contributed by atoms with Gasteiger partial charge in [0.15, 0.2) is 0 Å². The number of rotatable bonds is 7. The average molecular weight is 168 g/mol. The van der Waals surface area contributed by atoms with E-state index in [1.165, 1.54) is 38.5 Å². The van der Waals surface area contributed by atoms with Crippen LogP contribution < -0.4 is 0 Å². The molecule has 0 aromatic heterocycles. The fourth-order valence-electron chi connectivity index (χ4n) is 1.20. The van der Waals surface area contributed by atoms with Crippen LogP contribution in [0.4, 0.5) is 0 Å². The highest BCUT2D eigenvalue weighted by Crippen LogP contribution is 2.07. The molecule has 0 saturated heterocycles. The van der Waals surface area contributed by atoms with Gasteiger partial charge in [0.1, 0.15) is 0 Å². The lowest BCUT2D eigenvalue weighted by atomic mass is 10.1. The van der Waals surface area contributed by atoms with E-state index in [1.807, 2.05) is 0 Å². The topological polar surface area (TPSA) is 0 Å². The van der Waals surface area contributed by atoms with Gasteiger partial charge in [-0.1, -0.05) is 52.2 Å². The van der Waals surface area contributed by atoms with Crippen LogP contribution in [0.1, 0.15) is 59.3 Å². The molecule has 0 aromatic rings. The summed E-state index contributed by atoms with van der Waals surface area (Å²) in [5.74, 6) is 0.869. The predicted octanol–water partition coefficient (Wildman–Crippen LogP) is 4.56. The van der Waals surface area contributed by atoms with Crippen molar-refractivity contribution in [1.82, 2.24) is 0 Å². The second kappa shape index (κ2) is 8.83. The third-order valence-corrected chi connectivity index (χ3v) is 2.04. The molecule has 12 heavy (non-hydrogen) atoms. The molecule has 0 bridgehead atoms. The fourth-order valence-corrected chi connectivity index (χ4v) is 1.20. The van der Waals surface area contributed by atoms with Gasteiger partial charge in [-0.05, 0) is 25.2 Å². The van der Waals surface area contributed by atoms with Crippen molar-refractivity contribution in [3.8, 4) is 0 Å². The van der Waals surface area contributed by atoms with E-state index in [1.54, 1.807) is 0 Å². The van der Waals surface area contributed by atoms with Gasteiger partial charge in [-0.15, -0.1) is 0 Å². The van der Waals surface area contributed by atoms with Crippen molar-refractivity contribution in [2.24, 2.45) is 5.92 Å². The third-order valence-electron chi connectivity index (χ3n) is 2.04. The zero-order valence-electron chi connectivity index (χ0n) is 8.97. The Hall–Kier alpha value is -0.260. The molecule has 0 radical (unpaired) electrons. The fraction of sp³-hybridized carbons (Fsp3) is 0.833. The van der Waals surface area contributed by atoms with Crippen LogP contribution in [-0.2, 0) is 0 Å². The Morgan fingerprint density at radius 3 is 2.08 bits per heavy atom. The van der Waals surface area contributed by atoms with E-state index >= 15 is 0 Å². The molecule has 0 atom stereocenters. The first kappa shape index (κ1) is 11.7. The molecule has 0 heterocycles. The molecule has 0 spiro atoms. The van der Waals surface area contributed by atoms with E-state index in [4.69, 9.17) is 0 Å². The lowest BCUT2D eigenvalue weighted by Gasteiger charge is -2.00. The van der Waals surface area contributed by atoms with Crippen molar-refractivity contribution in [2.75, 3.05) is 0 Å². The van der Waals surface area contributed by atoms with Gasteiger partial charge in [0.25, 0.3) is 0 Å². The molecular formula is C12H24. The van der Waals surface area contributed by atoms with Crippen LogP contribution in [0, 0.1) is 5.92 Å². The SMILES string of the molecule is CCCCC=CCCCC(C)C. The summed E-state index contributed by atoms with van der Waals surface area (Å²) in [5.41, 5.74) is 0. The normalized spacial score (nSPS) is 11.7. The standard InChI is InChI=1S/C12H24/c1-4-5-6-7-8-9-10-11-12(2)3/h7-8,12H,4-6,9-11H2,1-3H3. The Kier molecular flexibility index (Phi) is 8.64. The van der Waals surface area contributed by atoms with Gasteiger partial charge in [0.05, 0.1) is 0 Å². The first-order chi connectivity index (χ1) is 5.77. The molecule has 0 aliphatic heterocycles. The lowest BCUT2D eigenvalue weighted by molar-refractivity contribution is 0.559. The molecule has 0 unspecified atom stereocenters. The highest BCUT2D eigenvalue weighted by molar-refractivity contribution is 4.81. The monoisotopic (exact) mass is 168 g/mol. The number of allylic oxidation sites excluding steroid dienone is 2. The largest absolute Gasteiger partial charge is 0.0885 e. The highest BCUT2D eigenvalue weighted by atomic mass is 14.0. The molecule has 0 aliphatic carbocycles. The Balaban J connectivity index is 3.03. The number of unbranched alkanes of at least 4 members (excludes halogenated alkanes) is 3. The maximum Gasteiger partial charge on any atom is -0.0351 e. The summed E-state index contributed by atoms with van der Waals surface area (Å²) in [6.45, 7) is 6.83. The molecule has 0 aliphatic rings. The van der Waals surface area contributed by atoms with Crippen molar-refractivity contribution in [3.05, 3.63) is 12.2 Å². The average Bonchev–Trinajstić information content (AvgIpc) is 2.02. The Bertz CT molecular complexity index is 101. The Morgan fingerprint density at radius 2 is 1.58 bits per heavy atom. The summed E-state index contributed by atoms with van der Waals surface area (Å²) in [7, 11) is 0. The summed E-state index contributed by atoms with van der Waals surface area (Å²) in [6.07, 6.45) is 12.6. The van der Waals surface area contributed by atoms with Crippen LogP contribution in [0.15, 0.2) is 12.2 Å². The predicted molar refractivity (Wildman–Crippen MR) is 57.4 cm³/mol. The van der Waals surface area contributed by atoms with Crippen molar-refractivity contribution >= 4 is 0 Å². The number of hydrogen-bond acceptors (Lipinski definition) is 0. The first-order valence-electron chi connectivity index (χ1n) is 5.42. The summed E-state index contributed by atoms with van der Waals surface area (Å²) in [4.78, 5) is 0. The van der Waals surface area contributed by atoms with E-state index in [-0.39, 0.29) is 0 Å². The van der Waals surface area contributed by atoms with E-state index in [0.717, 1.165) is 5.92 Å². The summed E-state index contributed by atoms with van der Waals surface area (Å²) in [6, 6.07) is 0. The molecule has 0 rings (SSSR count). The third kappa shape index (κ3) is 9.74. The molecule has 0 saturated carbocycles. The van der Waals surface area contributed by atoms with Gasteiger partial charge < -0.3 is 0 Å². The summed E-state index contributed by atoms with van der Waals surface area (Å²) in [5, 5.41) is 0. The second-order valence-corrected chi connectivity index (χ2v) is 3.94. The quantitative estimate of drug-likeness (QED) is 0.386. The Morgan fingerprint density at radius 1 is 1.00 bits per heavy atom. The zero-order valence-corrected chi connectivity index (χ0v) is 8.97. The van der Waals surface area contributed by atoms with Crippen LogP contribution in [0.2, 0.25) is 0 Å². The Labute approximate surface area is 78.1 Å². The molecule has 0 nitrogen and oxygen atoms in total. The van der Waals surface area contributed by atoms with Crippen LogP contribution in [-0.4, -0.2) is 0 Å². The van der Waals surface area contributed by atoms with Gasteiger partial charge in [-0.2, -0.15) is 0 Å². The summed E-state index contributed by atoms with van der Waals surface area (Å²) >= 11 is 0. The molecule has 0 fully saturated rings. The smallest absolute Gasteiger partial charge is 0.0351 e. The second-order valence-electron chi connectivity index (χ2n) is 3.94. The minimum atomic E-state index is 0.869. The highest BCUT2D eigenvalue weighted by Gasteiger charge is 1.90. The van der Waals surface area contributed by atoms with Crippen molar-refractivity contribution in [3.63, 3.8) is 0 Å². The number of hydrogen-bond donors (Lipinski definition) is 0. The van der Waals surface area contributed by atoms with Gasteiger partial charge >= 0.3 is 0 Å². The first-order valence-corrected chi connectivity index (χ1v) is 5.42. The lowest BCUT2D eigenvalue weighted by Crippen LogP contribution is -1.84. The van der Waals surface area contributed by atoms with Gasteiger partial charge in [0, 0.05) is 0 Å². The van der Waals surface area contributed by atoms with Crippen LogP contribution in [0.5, 0.6) is 0 Å². The van der Waals surface area contributed by atoms with Gasteiger partial charge in [-0.25, -0.2) is 0 Å². The molecular weight excluding hydrogens is 144 g/mol. The molecule has 72 valence electrons. The van der Waals surface area contributed by atoms with Crippen LogP contribution in [0.3, 0.4) is 0 Å². The molecule has 0 N–H and O–H groups in total. The van der Waals surface area contributed by atoms with Crippen LogP contribution >= 0.6 is 0 Å². The molecule has 0 aromatic carbocycles. The van der Waals surface area contributed by atoms with Gasteiger partial charge in [-0.3, -0.25) is 0 Å². The van der Waals surface area contributed by atoms with Crippen molar-refractivity contribution in [2.45, 2.75) is 59.3 Å². The van der Waals surface area contributed by atoms with Crippen LogP contribution in [0.25, 0.3) is 0 Å². The minimum absolute atomic E-state index is 0.869. The van der Waals surface area contributed by atoms with E-state index in [2.05, 4.69) is 32.9 Å². The van der Waals surface area contributed by atoms with Crippen molar-refractivity contribution in [1.29, 1.82) is 0 Å². The van der Waals surface area contributed by atoms with E-state index < -0.39 is 0 Å². The molecule has 0 amide bonds. The maximum absolute atomic E-state index is 2.35. The molecule has 0 heteroatoms. The minimum Gasteiger partial charge on any atom is -0.0885 e. The zero-order chi connectivity index (χ0) is 9.23. The van der Waals surface area contributed by atoms with E-state index in [0.29, 0.717) is 0 Å². The van der Waals surface area contributed by atoms with Gasteiger partial charge in [0.2, 0.25) is 0 Å².